The highest BCUT2D eigenvalue weighted by Gasteiger charge is 2.21. The van der Waals surface area contributed by atoms with E-state index in [4.69, 9.17) is 0 Å². The molecule has 0 aliphatic rings. The molecule has 0 aliphatic heterocycles. The van der Waals surface area contributed by atoms with Gasteiger partial charge in [-0.05, 0) is 6.92 Å². The van der Waals surface area contributed by atoms with E-state index in [2.05, 4.69) is 14.8 Å². The van der Waals surface area contributed by atoms with E-state index in [1.165, 1.54) is 7.11 Å². The van der Waals surface area contributed by atoms with Gasteiger partial charge in [0, 0.05) is 6.42 Å². The monoisotopic (exact) mass is 203 g/mol. The number of hydrogen-bond donors (Lipinski definition) is 1. The Kier molecular flexibility index (Phi) is 6.09. The quantitative estimate of drug-likeness (QED) is 0.497. The number of rotatable bonds is 5. The third kappa shape index (κ3) is 4.44. The van der Waals surface area contributed by atoms with E-state index in [-0.39, 0.29) is 13.0 Å². The van der Waals surface area contributed by atoms with Crippen molar-refractivity contribution in [1.29, 1.82) is 0 Å². The predicted octanol–water partition coefficient (Wildman–Crippen LogP) is -0.137. The predicted molar refractivity (Wildman–Crippen MR) is 46.6 cm³/mol. The number of nitrogens with one attached hydrogen (secondary N) is 1. The lowest BCUT2D eigenvalue weighted by Crippen LogP contribution is -2.42. The molecule has 0 unspecified atom stereocenters. The first-order valence-electron chi connectivity index (χ1n) is 4.10. The fourth-order valence-corrected chi connectivity index (χ4v) is 0.768. The Bertz CT molecular complexity index is 216. The number of carbonyl (C=O) groups is 3. The zero-order valence-electron chi connectivity index (χ0n) is 8.11. The Morgan fingerprint density at radius 3 is 2.57 bits per heavy atom. The molecule has 0 aromatic carbocycles. The molecule has 0 spiro atoms. The molecule has 0 saturated carbocycles. The Labute approximate surface area is 81.6 Å². The van der Waals surface area contributed by atoms with E-state index < -0.39 is 18.1 Å². The molecule has 0 aromatic rings. The number of carbonyl (C=O) groups excluding carboxylic acids is 3. The number of alkyl carbamates (subject to hydrolysis) is 1. The van der Waals surface area contributed by atoms with Gasteiger partial charge in [0.15, 0.2) is 0 Å². The van der Waals surface area contributed by atoms with Gasteiger partial charge < -0.3 is 19.6 Å². The van der Waals surface area contributed by atoms with E-state index in [0.29, 0.717) is 6.29 Å². The molecule has 1 atom stereocenters. The van der Waals surface area contributed by atoms with Crippen molar-refractivity contribution in [3.05, 3.63) is 0 Å². The number of methoxy groups -OCH3 is 1. The van der Waals surface area contributed by atoms with Crippen LogP contribution < -0.4 is 5.32 Å². The Morgan fingerprint density at radius 1 is 1.50 bits per heavy atom. The topological polar surface area (TPSA) is 81.7 Å². The first kappa shape index (κ1) is 12.4. The van der Waals surface area contributed by atoms with Crippen LogP contribution in [0.5, 0.6) is 0 Å². The second-order valence-electron chi connectivity index (χ2n) is 2.34. The van der Waals surface area contributed by atoms with Gasteiger partial charge in [-0.15, -0.1) is 0 Å². The summed E-state index contributed by atoms with van der Waals surface area (Å²) in [7, 11) is 1.17. The summed E-state index contributed by atoms with van der Waals surface area (Å²) in [4.78, 5) is 32.1. The SMILES string of the molecule is CCOC(=O)N[C@@H](CC=O)C(=O)OC. The highest BCUT2D eigenvalue weighted by molar-refractivity contribution is 5.83. The van der Waals surface area contributed by atoms with Crippen LogP contribution in [0.3, 0.4) is 0 Å². The largest absolute Gasteiger partial charge is 0.467 e. The molecule has 80 valence electrons. The second-order valence-corrected chi connectivity index (χ2v) is 2.34. The summed E-state index contributed by atoms with van der Waals surface area (Å²) < 4.78 is 8.92. The Hall–Kier alpha value is -1.59. The molecule has 0 heterocycles. The maximum absolute atomic E-state index is 11.0. The van der Waals surface area contributed by atoms with Crippen LogP contribution in [0.2, 0.25) is 0 Å². The molecular formula is C8H13NO5. The minimum Gasteiger partial charge on any atom is -0.467 e. The molecule has 0 saturated heterocycles. The van der Waals surface area contributed by atoms with Gasteiger partial charge in [-0.25, -0.2) is 9.59 Å². The second kappa shape index (κ2) is 6.88. The van der Waals surface area contributed by atoms with Gasteiger partial charge in [0.25, 0.3) is 0 Å². The van der Waals surface area contributed by atoms with Crippen LogP contribution in [0.1, 0.15) is 13.3 Å². The fourth-order valence-electron chi connectivity index (χ4n) is 0.768. The van der Waals surface area contributed by atoms with Gasteiger partial charge in [0.1, 0.15) is 12.3 Å². The average molecular weight is 203 g/mol. The molecule has 14 heavy (non-hydrogen) atoms. The van der Waals surface area contributed by atoms with Crippen LogP contribution in [0, 0.1) is 0 Å². The Balaban J connectivity index is 4.14. The van der Waals surface area contributed by atoms with Gasteiger partial charge >= 0.3 is 12.1 Å². The first-order chi connectivity index (χ1) is 6.65. The summed E-state index contributed by atoms with van der Waals surface area (Å²) >= 11 is 0. The molecular weight excluding hydrogens is 190 g/mol. The van der Waals surface area contributed by atoms with Crippen LogP contribution in [0.25, 0.3) is 0 Å². The minimum absolute atomic E-state index is 0.133. The van der Waals surface area contributed by atoms with Gasteiger partial charge in [0.05, 0.1) is 13.7 Å². The van der Waals surface area contributed by atoms with E-state index >= 15 is 0 Å². The number of ether oxygens (including phenoxy) is 2. The number of hydrogen-bond acceptors (Lipinski definition) is 5. The average Bonchev–Trinajstić information content (AvgIpc) is 2.16. The standard InChI is InChI=1S/C8H13NO5/c1-3-14-8(12)9-6(4-5-10)7(11)13-2/h5-6H,3-4H2,1-2H3,(H,9,12)/t6-/m0/s1. The molecule has 0 fully saturated rings. The van der Waals surface area contributed by atoms with Crippen molar-refractivity contribution >= 4 is 18.3 Å². The smallest absolute Gasteiger partial charge is 0.407 e. The van der Waals surface area contributed by atoms with Gasteiger partial charge in [-0.1, -0.05) is 0 Å². The Morgan fingerprint density at radius 2 is 2.14 bits per heavy atom. The maximum Gasteiger partial charge on any atom is 0.407 e. The maximum atomic E-state index is 11.0. The van der Waals surface area contributed by atoms with Crippen molar-refractivity contribution in [2.24, 2.45) is 0 Å². The number of aldehydes is 1. The van der Waals surface area contributed by atoms with Crippen molar-refractivity contribution in [2.45, 2.75) is 19.4 Å². The normalized spacial score (nSPS) is 11.3. The molecule has 1 N–H and O–H groups in total. The van der Waals surface area contributed by atoms with Crippen molar-refractivity contribution in [2.75, 3.05) is 13.7 Å². The fraction of sp³-hybridized carbons (Fsp3) is 0.625. The van der Waals surface area contributed by atoms with E-state index in [9.17, 15) is 14.4 Å². The molecule has 6 nitrogen and oxygen atoms in total. The highest BCUT2D eigenvalue weighted by Crippen LogP contribution is 1.93. The zero-order valence-corrected chi connectivity index (χ0v) is 8.11. The summed E-state index contributed by atoms with van der Waals surface area (Å²) in [5.74, 6) is -0.676. The molecule has 0 aromatic heterocycles. The molecule has 0 rings (SSSR count). The third-order valence-electron chi connectivity index (χ3n) is 1.39. The molecule has 0 aliphatic carbocycles. The van der Waals surface area contributed by atoms with Crippen LogP contribution >= 0.6 is 0 Å². The van der Waals surface area contributed by atoms with Gasteiger partial charge in [-0.3, -0.25) is 0 Å². The van der Waals surface area contributed by atoms with Crippen molar-refractivity contribution < 1.29 is 23.9 Å². The number of amides is 1. The lowest BCUT2D eigenvalue weighted by atomic mass is 10.2. The van der Waals surface area contributed by atoms with Crippen molar-refractivity contribution in [3.8, 4) is 0 Å². The van der Waals surface area contributed by atoms with Gasteiger partial charge in [-0.2, -0.15) is 0 Å². The van der Waals surface area contributed by atoms with Gasteiger partial charge in [0.2, 0.25) is 0 Å². The zero-order chi connectivity index (χ0) is 11.0. The third-order valence-corrected chi connectivity index (χ3v) is 1.39. The van der Waals surface area contributed by atoms with E-state index in [1.54, 1.807) is 6.92 Å². The first-order valence-corrected chi connectivity index (χ1v) is 4.10. The minimum atomic E-state index is -0.975. The summed E-state index contributed by atoms with van der Waals surface area (Å²) in [6, 6.07) is -0.975. The van der Waals surface area contributed by atoms with Crippen molar-refractivity contribution in [3.63, 3.8) is 0 Å². The molecule has 1 amide bonds. The highest BCUT2D eigenvalue weighted by atomic mass is 16.6. The van der Waals surface area contributed by atoms with Crippen LogP contribution in [0.4, 0.5) is 4.79 Å². The lowest BCUT2D eigenvalue weighted by Gasteiger charge is -2.12. The lowest BCUT2D eigenvalue weighted by molar-refractivity contribution is -0.143. The summed E-state index contributed by atoms with van der Waals surface area (Å²) in [5, 5.41) is 2.20. The van der Waals surface area contributed by atoms with Crippen molar-refractivity contribution in [1.82, 2.24) is 5.32 Å². The van der Waals surface area contributed by atoms with Crippen LogP contribution in [-0.4, -0.2) is 38.1 Å². The van der Waals surface area contributed by atoms with E-state index in [0.717, 1.165) is 0 Å². The number of esters is 1. The van der Waals surface area contributed by atoms with E-state index in [1.807, 2.05) is 0 Å². The molecule has 0 bridgehead atoms. The van der Waals surface area contributed by atoms with Crippen LogP contribution in [0.15, 0.2) is 0 Å². The van der Waals surface area contributed by atoms with Crippen LogP contribution in [-0.2, 0) is 19.1 Å². The summed E-state index contributed by atoms with van der Waals surface area (Å²) in [6.07, 6.45) is -0.357. The molecule has 6 heteroatoms. The summed E-state index contributed by atoms with van der Waals surface area (Å²) in [6.45, 7) is 1.83. The molecule has 0 radical (unpaired) electrons. The summed E-state index contributed by atoms with van der Waals surface area (Å²) in [5.41, 5.74) is 0.